The largest absolute Gasteiger partial charge is 0.486 e. The quantitative estimate of drug-likeness (QED) is 0.441. The molecular weight excluding hydrogens is 418 g/mol. The van der Waals surface area contributed by atoms with E-state index in [-0.39, 0.29) is 18.6 Å². The Kier molecular flexibility index (Phi) is 6.48. The van der Waals surface area contributed by atoms with Crippen LogP contribution in [-0.2, 0) is 13.2 Å². The fourth-order valence-electron chi connectivity index (χ4n) is 3.56. The highest BCUT2D eigenvalue weighted by molar-refractivity contribution is 6.05. The first-order valence-electron chi connectivity index (χ1n) is 10.8. The molecule has 2 heterocycles. The van der Waals surface area contributed by atoms with Gasteiger partial charge in [0.15, 0.2) is 5.82 Å². The number of aryl methyl sites for hydroxylation is 1. The van der Waals surface area contributed by atoms with Crippen molar-refractivity contribution >= 4 is 11.6 Å². The smallest absolute Gasteiger partial charge is 0.255 e. The number of carbonyl (C=O) groups excluding carboxylic acids is 1. The molecule has 9 nitrogen and oxygen atoms in total. The van der Waals surface area contributed by atoms with E-state index in [0.717, 1.165) is 22.6 Å². The molecule has 33 heavy (non-hydrogen) atoms. The van der Waals surface area contributed by atoms with Crippen LogP contribution in [0.2, 0.25) is 0 Å². The number of nitrogens with zero attached hydrogens (tertiary/aromatic N) is 6. The van der Waals surface area contributed by atoms with E-state index in [4.69, 9.17) is 4.74 Å². The minimum absolute atomic E-state index is 0.130. The maximum absolute atomic E-state index is 13.0. The minimum atomic E-state index is -0.224. The Hall–Kier alpha value is -4.01. The summed E-state index contributed by atoms with van der Waals surface area (Å²) in [5.74, 6) is 0.962. The van der Waals surface area contributed by atoms with Gasteiger partial charge in [-0.3, -0.25) is 9.48 Å². The first-order chi connectivity index (χ1) is 15.9. The molecule has 0 spiro atoms. The van der Waals surface area contributed by atoms with Crippen molar-refractivity contribution in [2.45, 2.75) is 46.9 Å². The molecule has 2 aromatic heterocycles. The van der Waals surface area contributed by atoms with Gasteiger partial charge in [0.2, 0.25) is 0 Å². The zero-order valence-electron chi connectivity index (χ0n) is 19.2. The molecule has 4 aromatic rings. The highest BCUT2D eigenvalue weighted by Gasteiger charge is 2.16. The van der Waals surface area contributed by atoms with Crippen LogP contribution in [0.5, 0.6) is 5.75 Å². The Balaban J connectivity index is 1.45. The molecule has 0 radical (unpaired) electrons. The molecule has 0 unspecified atom stereocenters. The molecule has 2 aromatic carbocycles. The van der Waals surface area contributed by atoms with Crippen molar-refractivity contribution in [1.29, 1.82) is 0 Å². The lowest BCUT2D eigenvalue weighted by Gasteiger charge is -2.11. The Morgan fingerprint density at radius 1 is 1.09 bits per heavy atom. The summed E-state index contributed by atoms with van der Waals surface area (Å²) in [6.07, 6.45) is 0. The second-order valence-corrected chi connectivity index (χ2v) is 8.09. The Morgan fingerprint density at radius 2 is 1.88 bits per heavy atom. The molecule has 0 saturated heterocycles. The minimum Gasteiger partial charge on any atom is -0.486 e. The number of carbonyl (C=O) groups is 1. The standard InChI is InChI=1S/C24H27N7O2/c1-16(2)31-22(26-28-29-31)15-33-21-12-8-11-20(13-21)24(32)25-23-17(3)27-30(18(23)4)14-19-9-6-5-7-10-19/h5-13,16H,14-15H2,1-4H3,(H,25,32). The summed E-state index contributed by atoms with van der Waals surface area (Å²) >= 11 is 0. The predicted molar refractivity (Wildman–Crippen MR) is 124 cm³/mol. The van der Waals surface area contributed by atoms with Gasteiger partial charge in [0.1, 0.15) is 12.4 Å². The second-order valence-electron chi connectivity index (χ2n) is 8.09. The summed E-state index contributed by atoms with van der Waals surface area (Å²) < 4.78 is 9.45. The molecular formula is C24H27N7O2. The normalized spacial score (nSPS) is 11.1. The Morgan fingerprint density at radius 3 is 2.64 bits per heavy atom. The third kappa shape index (κ3) is 5.08. The van der Waals surface area contributed by atoms with Gasteiger partial charge in [-0.05, 0) is 61.9 Å². The number of hydrogen-bond acceptors (Lipinski definition) is 6. The number of rotatable bonds is 8. The summed E-state index contributed by atoms with van der Waals surface area (Å²) in [6.45, 7) is 8.69. The van der Waals surface area contributed by atoms with Crippen LogP contribution in [0.3, 0.4) is 0 Å². The van der Waals surface area contributed by atoms with E-state index in [0.29, 0.717) is 23.7 Å². The number of nitrogens with one attached hydrogen (secondary N) is 1. The maximum atomic E-state index is 13.0. The number of ether oxygens (including phenoxy) is 1. The van der Waals surface area contributed by atoms with E-state index in [2.05, 4.69) is 38.1 Å². The van der Waals surface area contributed by atoms with E-state index in [1.54, 1.807) is 28.9 Å². The number of hydrogen-bond donors (Lipinski definition) is 1. The van der Waals surface area contributed by atoms with Crippen LogP contribution in [0.25, 0.3) is 0 Å². The van der Waals surface area contributed by atoms with E-state index >= 15 is 0 Å². The SMILES string of the molecule is Cc1nn(Cc2ccccc2)c(C)c1NC(=O)c1cccc(OCc2nnnn2C(C)C)c1. The van der Waals surface area contributed by atoms with Crippen LogP contribution >= 0.6 is 0 Å². The molecule has 0 atom stereocenters. The van der Waals surface area contributed by atoms with Crippen LogP contribution in [0, 0.1) is 13.8 Å². The van der Waals surface area contributed by atoms with Gasteiger partial charge in [-0.1, -0.05) is 36.4 Å². The first-order valence-corrected chi connectivity index (χ1v) is 10.8. The zero-order chi connectivity index (χ0) is 23.4. The van der Waals surface area contributed by atoms with Gasteiger partial charge in [0.05, 0.1) is 29.7 Å². The summed E-state index contributed by atoms with van der Waals surface area (Å²) in [6, 6.07) is 17.3. The van der Waals surface area contributed by atoms with Gasteiger partial charge in [-0.15, -0.1) is 5.10 Å². The van der Waals surface area contributed by atoms with Crippen LogP contribution in [0.4, 0.5) is 5.69 Å². The molecule has 1 N–H and O–H groups in total. The Labute approximate surface area is 192 Å². The van der Waals surface area contributed by atoms with Gasteiger partial charge < -0.3 is 10.1 Å². The van der Waals surface area contributed by atoms with E-state index < -0.39 is 0 Å². The van der Waals surface area contributed by atoms with Gasteiger partial charge >= 0.3 is 0 Å². The van der Waals surface area contributed by atoms with Crippen molar-refractivity contribution in [1.82, 2.24) is 30.0 Å². The molecule has 0 saturated carbocycles. The highest BCUT2D eigenvalue weighted by Crippen LogP contribution is 2.22. The molecule has 0 aliphatic rings. The maximum Gasteiger partial charge on any atom is 0.255 e. The summed E-state index contributed by atoms with van der Waals surface area (Å²) in [5.41, 5.74) is 4.03. The van der Waals surface area contributed by atoms with Gasteiger partial charge in [0.25, 0.3) is 5.91 Å². The number of aromatic nitrogens is 6. The Bertz CT molecular complexity index is 1240. The summed E-state index contributed by atoms with van der Waals surface area (Å²) in [7, 11) is 0. The number of tetrazole rings is 1. The van der Waals surface area contributed by atoms with Gasteiger partial charge in [0, 0.05) is 5.56 Å². The molecule has 0 aliphatic carbocycles. The highest BCUT2D eigenvalue weighted by atomic mass is 16.5. The molecule has 0 aliphatic heterocycles. The first kappa shape index (κ1) is 22.2. The monoisotopic (exact) mass is 445 g/mol. The fourth-order valence-corrected chi connectivity index (χ4v) is 3.56. The summed E-state index contributed by atoms with van der Waals surface area (Å²) in [5, 5.41) is 19.3. The number of anilines is 1. The van der Waals surface area contributed by atoms with Crippen LogP contribution < -0.4 is 10.1 Å². The molecule has 170 valence electrons. The van der Waals surface area contributed by atoms with Gasteiger partial charge in [-0.2, -0.15) is 5.10 Å². The van der Waals surface area contributed by atoms with Crippen LogP contribution in [-0.4, -0.2) is 35.9 Å². The molecule has 0 bridgehead atoms. The van der Waals surface area contributed by atoms with E-state index in [1.807, 2.05) is 50.6 Å². The number of amides is 1. The topological polar surface area (TPSA) is 99.8 Å². The third-order valence-corrected chi connectivity index (χ3v) is 5.31. The summed E-state index contributed by atoms with van der Waals surface area (Å²) in [4.78, 5) is 13.0. The van der Waals surface area contributed by atoms with Crippen LogP contribution in [0.15, 0.2) is 54.6 Å². The molecule has 9 heteroatoms. The lowest BCUT2D eigenvalue weighted by Crippen LogP contribution is -2.14. The fraction of sp³-hybridized carbons (Fsp3) is 0.292. The van der Waals surface area contributed by atoms with Gasteiger partial charge in [-0.25, -0.2) is 4.68 Å². The molecule has 1 amide bonds. The van der Waals surface area contributed by atoms with E-state index in [1.165, 1.54) is 0 Å². The van der Waals surface area contributed by atoms with Crippen molar-refractivity contribution in [2.24, 2.45) is 0 Å². The van der Waals surface area contributed by atoms with Crippen molar-refractivity contribution in [3.05, 3.63) is 82.9 Å². The average Bonchev–Trinajstić information content (AvgIpc) is 3.39. The lowest BCUT2D eigenvalue weighted by molar-refractivity contribution is 0.102. The number of benzene rings is 2. The zero-order valence-corrected chi connectivity index (χ0v) is 19.2. The van der Waals surface area contributed by atoms with Crippen molar-refractivity contribution < 1.29 is 9.53 Å². The van der Waals surface area contributed by atoms with E-state index in [9.17, 15) is 4.79 Å². The third-order valence-electron chi connectivity index (χ3n) is 5.31. The molecule has 4 rings (SSSR count). The van der Waals surface area contributed by atoms with Crippen molar-refractivity contribution in [3.63, 3.8) is 0 Å². The van der Waals surface area contributed by atoms with Crippen molar-refractivity contribution in [3.8, 4) is 5.75 Å². The predicted octanol–water partition coefficient (Wildman–Crippen LogP) is 3.95. The molecule has 0 fully saturated rings. The average molecular weight is 446 g/mol. The second kappa shape index (κ2) is 9.64. The van der Waals surface area contributed by atoms with Crippen molar-refractivity contribution in [2.75, 3.05) is 5.32 Å². The lowest BCUT2D eigenvalue weighted by atomic mass is 10.2. The van der Waals surface area contributed by atoms with Crippen LogP contribution in [0.1, 0.15) is 53.0 Å².